The van der Waals surface area contributed by atoms with Crippen molar-refractivity contribution in [3.8, 4) is 0 Å². The highest BCUT2D eigenvalue weighted by Gasteiger charge is 2.37. The van der Waals surface area contributed by atoms with Crippen molar-refractivity contribution in [1.82, 2.24) is 31.7 Å². The molecule has 0 spiro atoms. The molecule has 2 bridgehead atoms. The maximum Gasteiger partial charge on any atom is 0.202 e. The van der Waals surface area contributed by atoms with Gasteiger partial charge in [-0.1, -0.05) is 0 Å². The lowest BCUT2D eigenvalue weighted by Crippen LogP contribution is -2.58. The topological polar surface area (TPSA) is 105 Å². The number of aliphatic imine (C=N–C) groups is 1. The predicted octanol–water partition coefficient (Wildman–Crippen LogP) is -0.736. The van der Waals surface area contributed by atoms with Gasteiger partial charge in [-0.05, 0) is 38.7 Å². The molecule has 0 aromatic heterocycles. The summed E-state index contributed by atoms with van der Waals surface area (Å²) in [6.45, 7) is 1.96. The van der Waals surface area contributed by atoms with Crippen LogP contribution in [0.4, 0.5) is 0 Å². The number of piperidine rings is 1. The second-order valence-corrected chi connectivity index (χ2v) is 8.06. The first-order chi connectivity index (χ1) is 13.0. The molecule has 0 radical (unpaired) electrons. The second-order valence-electron chi connectivity index (χ2n) is 8.06. The van der Waals surface area contributed by atoms with E-state index in [0.717, 1.165) is 30.3 Å². The fraction of sp³-hybridized carbons (Fsp3) is 0.722. The highest BCUT2D eigenvalue weighted by atomic mass is 16.5. The number of hydrogen-bond donors (Lipinski definition) is 6. The van der Waals surface area contributed by atoms with E-state index >= 15 is 0 Å². The molecule has 0 aromatic carbocycles. The molecule has 5 atom stereocenters. The van der Waals surface area contributed by atoms with Crippen LogP contribution in [0.15, 0.2) is 28.7 Å². The smallest absolute Gasteiger partial charge is 0.202 e. The number of fused-ring (bicyclic) bond motifs is 2. The van der Waals surface area contributed by atoms with Crippen LogP contribution in [0, 0.1) is 0 Å². The normalized spacial score (nSPS) is 37.7. The summed E-state index contributed by atoms with van der Waals surface area (Å²) in [5.74, 6) is 1.64. The van der Waals surface area contributed by atoms with Crippen LogP contribution in [-0.2, 0) is 4.74 Å². The lowest BCUT2D eigenvalue weighted by atomic mass is 9.99. The summed E-state index contributed by atoms with van der Waals surface area (Å²) >= 11 is 0. The zero-order chi connectivity index (χ0) is 19.0. The Morgan fingerprint density at radius 1 is 1.37 bits per heavy atom. The fourth-order valence-electron chi connectivity index (χ4n) is 4.45. The number of methoxy groups -OCH3 is 1. The molecule has 4 unspecified atom stereocenters. The van der Waals surface area contributed by atoms with Crippen LogP contribution >= 0.6 is 0 Å². The van der Waals surface area contributed by atoms with Crippen LogP contribution in [-0.4, -0.2) is 66.7 Å². The monoisotopic (exact) mass is 377 g/mol. The quantitative estimate of drug-likeness (QED) is 0.372. The van der Waals surface area contributed by atoms with Crippen LogP contribution in [0.2, 0.25) is 0 Å². The molecule has 6 N–H and O–H groups in total. The minimum atomic E-state index is -0.524. The summed E-state index contributed by atoms with van der Waals surface area (Å²) in [5.41, 5.74) is 6.34. The zero-order valence-electron chi connectivity index (χ0n) is 16.2. The molecular formula is C18H31N7O2. The third-order valence-electron chi connectivity index (χ3n) is 5.89. The molecule has 4 rings (SSSR count). The number of aliphatic hydroxyl groups is 1. The molecule has 2 saturated heterocycles. The Labute approximate surface area is 160 Å². The average Bonchev–Trinajstić information content (AvgIpc) is 3.21. The van der Waals surface area contributed by atoms with Crippen LogP contribution in [0.25, 0.3) is 0 Å². The van der Waals surface area contributed by atoms with E-state index < -0.39 is 5.66 Å². The molecule has 150 valence electrons. The van der Waals surface area contributed by atoms with Crippen molar-refractivity contribution in [2.45, 2.75) is 62.6 Å². The van der Waals surface area contributed by atoms with E-state index in [2.05, 4.69) is 38.7 Å². The number of rotatable bonds is 5. The van der Waals surface area contributed by atoms with Crippen LogP contribution in [0.1, 0.15) is 32.6 Å². The Bertz CT molecular complexity index is 652. The first-order valence-electron chi connectivity index (χ1n) is 9.70. The maximum absolute atomic E-state index is 9.31. The lowest BCUT2D eigenvalue weighted by molar-refractivity contribution is 0.140. The SMILES string of the molecule is COC1C=C(NC2(C)C=C(CO)NN2)NC(N(C)C2CC3CC[C@@H](C2)N3)=N1. The van der Waals surface area contributed by atoms with Gasteiger partial charge in [-0.3, -0.25) is 0 Å². The number of hydrazine groups is 1. The third kappa shape index (κ3) is 3.91. The predicted molar refractivity (Wildman–Crippen MR) is 103 cm³/mol. The summed E-state index contributed by atoms with van der Waals surface area (Å²) in [6.07, 6.45) is 8.34. The van der Waals surface area contributed by atoms with E-state index in [4.69, 9.17) is 9.73 Å². The zero-order valence-corrected chi connectivity index (χ0v) is 16.2. The summed E-state index contributed by atoms with van der Waals surface area (Å²) in [7, 11) is 3.77. The van der Waals surface area contributed by atoms with Crippen molar-refractivity contribution in [2.75, 3.05) is 20.8 Å². The number of guanidine groups is 1. The lowest BCUT2D eigenvalue weighted by Gasteiger charge is -2.39. The molecule has 4 aliphatic heterocycles. The van der Waals surface area contributed by atoms with E-state index in [-0.39, 0.29) is 12.8 Å². The van der Waals surface area contributed by atoms with Gasteiger partial charge in [-0.25, -0.2) is 10.4 Å². The molecule has 0 aliphatic carbocycles. The molecule has 9 nitrogen and oxygen atoms in total. The van der Waals surface area contributed by atoms with Crippen LogP contribution in [0.3, 0.4) is 0 Å². The Kier molecular flexibility index (Phi) is 5.02. The number of nitrogens with zero attached hydrogens (tertiary/aromatic N) is 2. The van der Waals surface area contributed by atoms with Gasteiger partial charge in [0.05, 0.1) is 12.3 Å². The summed E-state index contributed by atoms with van der Waals surface area (Å²) in [4.78, 5) is 6.96. The van der Waals surface area contributed by atoms with Gasteiger partial charge < -0.3 is 36.1 Å². The minimum Gasteiger partial charge on any atom is -0.390 e. The van der Waals surface area contributed by atoms with Gasteiger partial charge in [0, 0.05) is 38.4 Å². The highest BCUT2D eigenvalue weighted by Crippen LogP contribution is 2.29. The van der Waals surface area contributed by atoms with Gasteiger partial charge >= 0.3 is 0 Å². The Morgan fingerprint density at radius 3 is 2.74 bits per heavy atom. The Hall–Kier alpha value is -1.81. The standard InChI is InChI=1S/C18H31N7O2/c1-18(9-13(10-26)23-24-18)22-15-8-16(27-3)21-17(20-15)25(2)14-6-11-4-5-12(7-14)19-11/h8-9,11-12,14,16,19,22-24,26H,4-7,10H2,1-3H3,(H,20,21)/t11-,12?,14?,16?,18?/m0/s1. The molecule has 0 aromatic rings. The average molecular weight is 377 g/mol. The maximum atomic E-state index is 9.31. The third-order valence-corrected chi connectivity index (χ3v) is 5.89. The molecule has 4 aliphatic rings. The number of aliphatic hydroxyl groups excluding tert-OH is 1. The molecule has 2 fully saturated rings. The molecule has 9 heteroatoms. The van der Waals surface area contributed by atoms with Crippen molar-refractivity contribution in [1.29, 1.82) is 0 Å². The summed E-state index contributed by atoms with van der Waals surface area (Å²) in [5, 5.41) is 19.8. The summed E-state index contributed by atoms with van der Waals surface area (Å²) < 4.78 is 5.51. The number of nitrogens with one attached hydrogen (secondary N) is 5. The highest BCUT2D eigenvalue weighted by molar-refractivity contribution is 5.82. The van der Waals surface area contributed by atoms with Crippen molar-refractivity contribution in [3.05, 3.63) is 23.7 Å². The van der Waals surface area contributed by atoms with Gasteiger partial charge in [0.2, 0.25) is 5.96 Å². The van der Waals surface area contributed by atoms with Crippen molar-refractivity contribution in [2.24, 2.45) is 4.99 Å². The second kappa shape index (κ2) is 7.31. The number of ether oxygens (including phenoxy) is 1. The fourth-order valence-corrected chi connectivity index (χ4v) is 4.45. The van der Waals surface area contributed by atoms with E-state index in [1.54, 1.807) is 7.11 Å². The molecule has 4 heterocycles. The van der Waals surface area contributed by atoms with Gasteiger partial charge in [0.25, 0.3) is 0 Å². The van der Waals surface area contributed by atoms with E-state index in [1.165, 1.54) is 12.8 Å². The van der Waals surface area contributed by atoms with Gasteiger partial charge in [-0.15, -0.1) is 0 Å². The van der Waals surface area contributed by atoms with Crippen molar-refractivity contribution >= 4 is 5.96 Å². The van der Waals surface area contributed by atoms with Gasteiger partial charge in [0.1, 0.15) is 11.5 Å². The van der Waals surface area contributed by atoms with Crippen molar-refractivity contribution < 1.29 is 9.84 Å². The molecule has 0 saturated carbocycles. The van der Waals surface area contributed by atoms with E-state index in [1.807, 2.05) is 19.1 Å². The number of hydrogen-bond acceptors (Lipinski definition) is 9. The van der Waals surface area contributed by atoms with Crippen LogP contribution < -0.4 is 26.8 Å². The van der Waals surface area contributed by atoms with Gasteiger partial charge in [0.15, 0.2) is 6.23 Å². The van der Waals surface area contributed by atoms with Crippen LogP contribution in [0.5, 0.6) is 0 Å². The van der Waals surface area contributed by atoms with E-state index in [9.17, 15) is 5.11 Å². The van der Waals surface area contributed by atoms with E-state index in [0.29, 0.717) is 18.1 Å². The first-order valence-corrected chi connectivity index (χ1v) is 9.70. The molecule has 27 heavy (non-hydrogen) atoms. The molecule has 0 amide bonds. The first kappa shape index (κ1) is 18.5. The Balaban J connectivity index is 1.45. The van der Waals surface area contributed by atoms with Crippen molar-refractivity contribution in [3.63, 3.8) is 0 Å². The Morgan fingerprint density at radius 2 is 2.11 bits per heavy atom. The molecular weight excluding hydrogens is 346 g/mol. The van der Waals surface area contributed by atoms with Gasteiger partial charge in [-0.2, -0.15) is 0 Å². The largest absolute Gasteiger partial charge is 0.390 e. The minimum absolute atomic E-state index is 0.0368. The summed E-state index contributed by atoms with van der Waals surface area (Å²) in [6, 6.07) is 1.72.